The van der Waals surface area contributed by atoms with Gasteiger partial charge in [0.05, 0.1) is 23.7 Å². The summed E-state index contributed by atoms with van der Waals surface area (Å²) in [5, 5.41) is 51.7. The van der Waals surface area contributed by atoms with Gasteiger partial charge in [-0.1, -0.05) is 48.7 Å². The van der Waals surface area contributed by atoms with Crippen LogP contribution in [0.25, 0.3) is 11.3 Å². The molecule has 0 spiro atoms. The molecule has 2 fully saturated rings. The van der Waals surface area contributed by atoms with E-state index in [1.807, 2.05) is 31.2 Å². The van der Waals surface area contributed by atoms with Crippen LogP contribution in [0.4, 0.5) is 13.2 Å². The molecule has 0 bridgehead atoms. The fraction of sp³-hybridized carbons (Fsp3) is 0.500. The monoisotopic (exact) mass is 579 g/mol. The molecule has 1 aliphatic carbocycles. The Bertz CT molecular complexity index is 1320. The summed E-state index contributed by atoms with van der Waals surface area (Å²) in [5.41, 5.74) is -0.270. The van der Waals surface area contributed by atoms with Crippen LogP contribution in [-0.2, 0) is 4.74 Å². The molecular formula is C28H32F3N3O5S. The van der Waals surface area contributed by atoms with Gasteiger partial charge >= 0.3 is 0 Å². The second kappa shape index (κ2) is 11.8. The van der Waals surface area contributed by atoms with Crippen LogP contribution in [0, 0.1) is 24.4 Å². The number of hydrogen-bond acceptors (Lipinski definition) is 8. The van der Waals surface area contributed by atoms with Gasteiger partial charge in [0.2, 0.25) is 0 Å². The normalized spacial score (nSPS) is 27.4. The molecule has 1 aliphatic heterocycles. The molecule has 2 aliphatic rings. The first-order valence-corrected chi connectivity index (χ1v) is 14.2. The Labute approximate surface area is 233 Å². The summed E-state index contributed by atoms with van der Waals surface area (Å²) in [6.07, 6.45) is 1.29. The minimum atomic E-state index is -1.61. The molecule has 3 aromatic rings. The van der Waals surface area contributed by atoms with Crippen LogP contribution >= 0.6 is 11.8 Å². The highest BCUT2D eigenvalue weighted by molar-refractivity contribution is 8.00. The molecule has 1 aromatic heterocycles. The summed E-state index contributed by atoms with van der Waals surface area (Å²) >= 11 is 1.23. The molecule has 0 amide bonds. The Morgan fingerprint density at radius 1 is 1.07 bits per heavy atom. The number of rotatable bonds is 7. The molecule has 2 heterocycles. The third kappa shape index (κ3) is 5.53. The molecule has 0 radical (unpaired) electrons. The Kier molecular flexibility index (Phi) is 8.55. The largest absolute Gasteiger partial charge is 0.394 e. The van der Waals surface area contributed by atoms with Crippen LogP contribution < -0.4 is 0 Å². The van der Waals surface area contributed by atoms with E-state index >= 15 is 0 Å². The number of aliphatic hydroxyl groups is 4. The van der Waals surface area contributed by atoms with E-state index in [2.05, 4.69) is 10.3 Å². The van der Waals surface area contributed by atoms with Crippen molar-refractivity contribution in [2.24, 2.45) is 0 Å². The van der Waals surface area contributed by atoms with Crippen molar-refractivity contribution in [1.29, 1.82) is 0 Å². The summed E-state index contributed by atoms with van der Waals surface area (Å²) in [7, 11) is 0. The van der Waals surface area contributed by atoms with E-state index in [1.54, 1.807) is 0 Å². The lowest BCUT2D eigenvalue weighted by Gasteiger charge is -2.46. The topological polar surface area (TPSA) is 121 Å². The standard InChI is InChI=1S/C28H32F3N3O5S/c1-15-7-3-4-8-17(15)26(28(38)9-5-2-6-10-28)40-27-25(37)23(24(36)21(14-35)39-27)34-13-20(32-33-34)16-11-18(29)22(31)19(30)12-16/h3-4,7-8,11-13,21,23-27,35-38H,2,5-6,9-10,14H2,1H3/t21-,23+,24+,25-,26?,27+/m1/s1. The zero-order valence-electron chi connectivity index (χ0n) is 21.8. The number of ether oxygens (including phenoxy) is 1. The lowest BCUT2D eigenvalue weighted by atomic mass is 9.79. The number of aromatic nitrogens is 3. The summed E-state index contributed by atoms with van der Waals surface area (Å²) in [5.74, 6) is -4.40. The smallest absolute Gasteiger partial charge is 0.194 e. The zero-order valence-corrected chi connectivity index (χ0v) is 22.6. The van der Waals surface area contributed by atoms with Crippen molar-refractivity contribution in [3.8, 4) is 11.3 Å². The minimum Gasteiger partial charge on any atom is -0.394 e. The molecule has 5 rings (SSSR count). The first-order chi connectivity index (χ1) is 19.1. The fourth-order valence-corrected chi connectivity index (χ4v) is 7.38. The van der Waals surface area contributed by atoms with Crippen LogP contribution in [-0.4, -0.2) is 71.4 Å². The molecule has 1 unspecified atom stereocenters. The Morgan fingerprint density at radius 3 is 2.40 bits per heavy atom. The average Bonchev–Trinajstić information content (AvgIpc) is 3.42. The molecule has 1 saturated carbocycles. The summed E-state index contributed by atoms with van der Waals surface area (Å²) in [6.45, 7) is 1.39. The maximum Gasteiger partial charge on any atom is 0.194 e. The highest BCUT2D eigenvalue weighted by Crippen LogP contribution is 2.51. The van der Waals surface area contributed by atoms with E-state index in [0.717, 1.165) is 47.2 Å². The summed E-state index contributed by atoms with van der Waals surface area (Å²) in [4.78, 5) is 0. The third-order valence-corrected chi connectivity index (χ3v) is 9.52. The van der Waals surface area contributed by atoms with Crippen molar-refractivity contribution in [3.05, 3.63) is 71.2 Å². The van der Waals surface area contributed by atoms with E-state index in [9.17, 15) is 33.6 Å². The van der Waals surface area contributed by atoms with Crippen LogP contribution in [0.15, 0.2) is 42.6 Å². The number of nitrogens with zero attached hydrogens (tertiary/aromatic N) is 3. The summed E-state index contributed by atoms with van der Waals surface area (Å²) < 4.78 is 48.2. The van der Waals surface area contributed by atoms with Crippen molar-refractivity contribution < 1.29 is 38.3 Å². The molecule has 2 aromatic carbocycles. The van der Waals surface area contributed by atoms with Crippen LogP contribution in [0.5, 0.6) is 0 Å². The number of aryl methyl sites for hydroxylation is 1. The van der Waals surface area contributed by atoms with Gasteiger partial charge in [0.15, 0.2) is 17.5 Å². The number of thioether (sulfide) groups is 1. The van der Waals surface area contributed by atoms with Crippen LogP contribution in [0.2, 0.25) is 0 Å². The first-order valence-electron chi connectivity index (χ1n) is 13.3. The SMILES string of the molecule is Cc1ccccc1C(S[C@@H]1O[C@H](CO)[C@H](O)[C@H](n2cc(-c3cc(F)c(F)c(F)c3)nn2)[C@H]1O)C1(O)CCCCC1. The molecule has 12 heteroatoms. The highest BCUT2D eigenvalue weighted by atomic mass is 32.2. The van der Waals surface area contributed by atoms with Crippen molar-refractivity contribution >= 4 is 11.8 Å². The van der Waals surface area contributed by atoms with Gasteiger partial charge < -0.3 is 25.2 Å². The molecule has 4 N–H and O–H groups in total. The van der Waals surface area contributed by atoms with E-state index in [4.69, 9.17) is 4.74 Å². The maximum absolute atomic E-state index is 13.8. The van der Waals surface area contributed by atoms with Gasteiger partial charge in [-0.25, -0.2) is 17.9 Å². The molecular weight excluding hydrogens is 547 g/mol. The molecule has 40 heavy (non-hydrogen) atoms. The zero-order chi connectivity index (χ0) is 28.6. The average molecular weight is 580 g/mol. The van der Waals surface area contributed by atoms with Gasteiger partial charge in [-0.2, -0.15) is 0 Å². The summed E-state index contributed by atoms with van der Waals surface area (Å²) in [6, 6.07) is 8.09. The number of halogens is 3. The van der Waals surface area contributed by atoms with Crippen molar-refractivity contribution in [2.45, 2.75) is 79.7 Å². The second-order valence-corrected chi connectivity index (χ2v) is 11.8. The molecule has 216 valence electrons. The van der Waals surface area contributed by atoms with Crippen molar-refractivity contribution in [3.63, 3.8) is 0 Å². The molecule has 8 nitrogen and oxygen atoms in total. The van der Waals surface area contributed by atoms with Gasteiger partial charge in [-0.05, 0) is 43.0 Å². The van der Waals surface area contributed by atoms with Gasteiger partial charge in [0, 0.05) is 5.56 Å². The number of hydrogen-bond donors (Lipinski definition) is 4. The van der Waals surface area contributed by atoms with E-state index in [0.29, 0.717) is 12.8 Å². The predicted octanol–water partition coefficient (Wildman–Crippen LogP) is 3.82. The minimum absolute atomic E-state index is 0.0113. The quantitative estimate of drug-likeness (QED) is 0.312. The fourth-order valence-electron chi connectivity index (χ4n) is 5.68. The van der Waals surface area contributed by atoms with Crippen LogP contribution in [0.1, 0.15) is 54.5 Å². The van der Waals surface area contributed by atoms with E-state index in [1.165, 1.54) is 18.0 Å². The molecule has 1 saturated heterocycles. The van der Waals surface area contributed by atoms with Crippen molar-refractivity contribution in [2.75, 3.05) is 6.61 Å². The van der Waals surface area contributed by atoms with Crippen molar-refractivity contribution in [1.82, 2.24) is 15.0 Å². The third-order valence-electron chi connectivity index (χ3n) is 7.89. The predicted molar refractivity (Wildman–Crippen MR) is 142 cm³/mol. The van der Waals surface area contributed by atoms with Crippen LogP contribution in [0.3, 0.4) is 0 Å². The van der Waals surface area contributed by atoms with Gasteiger partial charge in [0.1, 0.15) is 35.5 Å². The Hall–Kier alpha value is -2.48. The lowest BCUT2D eigenvalue weighted by Crippen LogP contribution is -2.55. The van der Waals surface area contributed by atoms with Gasteiger partial charge in [-0.3, -0.25) is 0 Å². The number of benzene rings is 2. The van der Waals surface area contributed by atoms with Gasteiger partial charge in [0.25, 0.3) is 0 Å². The second-order valence-electron chi connectivity index (χ2n) is 10.6. The highest BCUT2D eigenvalue weighted by Gasteiger charge is 2.49. The van der Waals surface area contributed by atoms with E-state index < -0.39 is 64.7 Å². The first kappa shape index (κ1) is 29.0. The van der Waals surface area contributed by atoms with E-state index in [-0.39, 0.29) is 11.3 Å². The lowest BCUT2D eigenvalue weighted by molar-refractivity contribution is -0.179. The Morgan fingerprint density at radius 2 is 1.75 bits per heavy atom. The van der Waals surface area contributed by atoms with Gasteiger partial charge in [-0.15, -0.1) is 16.9 Å². The maximum atomic E-state index is 13.8. The Balaban J connectivity index is 1.47. The number of aliphatic hydroxyl groups excluding tert-OH is 3. The molecule has 6 atom stereocenters.